The van der Waals surface area contributed by atoms with E-state index in [-0.39, 0.29) is 22.8 Å². The summed E-state index contributed by atoms with van der Waals surface area (Å²) in [7, 11) is 0. The molecule has 0 saturated carbocycles. The molecule has 4 aromatic carbocycles. The fourth-order valence-corrected chi connectivity index (χ4v) is 4.88. The molecule has 5 heteroatoms. The molecular weight excluding hydrogens is 463 g/mol. The van der Waals surface area contributed by atoms with Gasteiger partial charge in [-0.2, -0.15) is 0 Å². The maximum absolute atomic E-state index is 12.7. The third kappa shape index (κ3) is 6.00. The van der Waals surface area contributed by atoms with Gasteiger partial charge in [0.1, 0.15) is 5.75 Å². The number of phenols is 1. The number of hydrogen-bond donors (Lipinski definition) is 2. The van der Waals surface area contributed by atoms with E-state index in [4.69, 9.17) is 4.99 Å². The van der Waals surface area contributed by atoms with Gasteiger partial charge in [0.15, 0.2) is 5.75 Å². The minimum atomic E-state index is -0.298. The molecule has 0 heterocycles. The number of halogens is 1. The van der Waals surface area contributed by atoms with Crippen LogP contribution in [0.2, 0.25) is 0 Å². The Bertz CT molecular complexity index is 1400. The van der Waals surface area contributed by atoms with Gasteiger partial charge in [-0.3, -0.25) is 9.93 Å². The Morgan fingerprint density at radius 3 is 2.22 bits per heavy atom. The van der Waals surface area contributed by atoms with Crippen LogP contribution in [0.15, 0.2) is 102 Å². The lowest BCUT2D eigenvalue weighted by Gasteiger charge is -2.34. The molecule has 0 aliphatic rings. The first-order chi connectivity index (χ1) is 17.8. The highest BCUT2D eigenvalue weighted by Gasteiger charge is 2.32. The summed E-state index contributed by atoms with van der Waals surface area (Å²) in [4.78, 5) is 8.82. The van der Waals surface area contributed by atoms with E-state index < -0.39 is 0 Å². The van der Waals surface area contributed by atoms with E-state index in [0.717, 1.165) is 28.2 Å². The summed E-state index contributed by atoms with van der Waals surface area (Å²) in [5, 5.41) is 15.7. The Hall–Kier alpha value is -4.12. The lowest BCUT2D eigenvalue weighted by molar-refractivity contribution is -0.00623. The van der Waals surface area contributed by atoms with Gasteiger partial charge in [-0.15, -0.1) is 0 Å². The highest BCUT2D eigenvalue weighted by atomic mass is 19.3. The Morgan fingerprint density at radius 1 is 0.946 bits per heavy atom. The van der Waals surface area contributed by atoms with Gasteiger partial charge in [-0.1, -0.05) is 86.7 Å². The number of benzene rings is 4. The second-order valence-corrected chi connectivity index (χ2v) is 9.92. The second kappa shape index (κ2) is 11.3. The molecule has 4 nitrogen and oxygen atoms in total. The van der Waals surface area contributed by atoms with E-state index in [1.54, 1.807) is 24.3 Å². The minimum Gasteiger partial charge on any atom is -0.508 e. The maximum atomic E-state index is 12.7. The third-order valence-corrected chi connectivity index (χ3v) is 6.72. The maximum Gasteiger partial charge on any atom is 0.171 e. The fourth-order valence-electron chi connectivity index (χ4n) is 4.88. The van der Waals surface area contributed by atoms with E-state index in [1.807, 2.05) is 44.2 Å². The minimum absolute atomic E-state index is 0.0439. The van der Waals surface area contributed by atoms with Crippen molar-refractivity contribution in [2.75, 3.05) is 6.54 Å². The first-order valence-electron chi connectivity index (χ1n) is 12.4. The normalized spacial score (nSPS) is 13.4. The third-order valence-electron chi connectivity index (χ3n) is 6.72. The van der Waals surface area contributed by atoms with Gasteiger partial charge < -0.3 is 10.4 Å². The van der Waals surface area contributed by atoms with E-state index in [9.17, 15) is 9.63 Å². The van der Waals surface area contributed by atoms with E-state index >= 15 is 0 Å². The van der Waals surface area contributed by atoms with Gasteiger partial charge in [0, 0.05) is 28.2 Å². The predicted octanol–water partition coefficient (Wildman–Crippen LogP) is 8.04. The number of nitrogens with one attached hydrogen (secondary N) is 1. The second-order valence-electron chi connectivity index (χ2n) is 9.92. The number of fused-ring (bicyclic) bond motifs is 1. The van der Waals surface area contributed by atoms with E-state index in [1.165, 1.54) is 10.8 Å². The molecule has 0 bridgehead atoms. The molecule has 0 aliphatic heterocycles. The number of aromatic hydroxyl groups is 1. The van der Waals surface area contributed by atoms with Crippen molar-refractivity contribution in [1.29, 1.82) is 0 Å². The van der Waals surface area contributed by atoms with Crippen LogP contribution in [0.1, 0.15) is 50.3 Å². The summed E-state index contributed by atoms with van der Waals surface area (Å²) < 4.78 is 12.7. The molecule has 37 heavy (non-hydrogen) atoms. The first kappa shape index (κ1) is 26.0. The van der Waals surface area contributed by atoms with Crippen molar-refractivity contribution in [2.45, 2.75) is 33.6 Å². The number of hydrogen-bond acceptors (Lipinski definition) is 3. The highest BCUT2D eigenvalue weighted by molar-refractivity contribution is 5.97. The average Bonchev–Trinajstić information content (AvgIpc) is 2.92. The summed E-state index contributed by atoms with van der Waals surface area (Å²) in [6.45, 7) is 8.89. The van der Waals surface area contributed by atoms with Crippen molar-refractivity contribution in [3.63, 3.8) is 0 Å². The molecule has 1 unspecified atom stereocenters. The molecule has 0 fully saturated rings. The molecule has 0 aromatic heterocycles. The molecule has 0 spiro atoms. The van der Waals surface area contributed by atoms with Crippen LogP contribution in [0.5, 0.6) is 11.5 Å². The Morgan fingerprint density at radius 2 is 1.57 bits per heavy atom. The van der Waals surface area contributed by atoms with Gasteiger partial charge in [0.25, 0.3) is 0 Å². The van der Waals surface area contributed by atoms with Crippen LogP contribution in [-0.4, -0.2) is 17.5 Å². The molecular formula is C32H33FN2O2. The molecule has 0 aliphatic carbocycles. The largest absolute Gasteiger partial charge is 0.508 e. The summed E-state index contributed by atoms with van der Waals surface area (Å²) in [5.74, 6) is 1.15. The van der Waals surface area contributed by atoms with Gasteiger partial charge in [-0.25, -0.2) is 0 Å². The Labute approximate surface area is 218 Å². The summed E-state index contributed by atoms with van der Waals surface area (Å²) in [5.41, 5.74) is 3.90. The number of allylic oxidation sites excluding steroid dienone is 1. The van der Waals surface area contributed by atoms with Crippen LogP contribution in [0.4, 0.5) is 4.53 Å². The molecule has 190 valence electrons. The number of aliphatic imine (C=N–C) groups is 1. The van der Waals surface area contributed by atoms with Crippen molar-refractivity contribution >= 4 is 22.3 Å². The molecule has 0 amide bonds. The lowest BCUT2D eigenvalue weighted by Crippen LogP contribution is -2.28. The van der Waals surface area contributed by atoms with Crippen LogP contribution < -0.4 is 10.3 Å². The zero-order valence-electron chi connectivity index (χ0n) is 21.7. The number of phenolic OH excluding ortho intramolecular Hbond substituents is 1. The SMILES string of the molecule is C/C=C(\NC(C)=NCC(C)(C)C(c1ccc(O)cc1)c1ccc(OF)cc1)c1cccc2ccccc12. The average molecular weight is 497 g/mol. The number of amidine groups is 1. The fraction of sp³-hybridized carbons (Fsp3) is 0.219. The molecule has 0 saturated heterocycles. The molecule has 0 radical (unpaired) electrons. The van der Waals surface area contributed by atoms with Crippen molar-refractivity contribution in [3.05, 3.63) is 114 Å². The Balaban J connectivity index is 1.60. The van der Waals surface area contributed by atoms with Gasteiger partial charge in [0.2, 0.25) is 0 Å². The Kier molecular flexibility index (Phi) is 7.92. The summed E-state index contributed by atoms with van der Waals surface area (Å²) in [6.07, 6.45) is 2.07. The van der Waals surface area contributed by atoms with Crippen LogP contribution >= 0.6 is 0 Å². The van der Waals surface area contributed by atoms with Crippen molar-refractivity contribution in [3.8, 4) is 11.5 Å². The number of nitrogens with zero attached hydrogens (tertiary/aromatic N) is 1. The lowest BCUT2D eigenvalue weighted by atomic mass is 9.71. The predicted molar refractivity (Wildman–Crippen MR) is 151 cm³/mol. The number of rotatable bonds is 8. The summed E-state index contributed by atoms with van der Waals surface area (Å²) >= 11 is 0. The standard InChI is InChI=1S/C32H33FN2O2/c1-5-30(29-12-8-10-23-9-6-7-11-28(23)29)35-22(2)34-21-32(3,4)31(24-13-17-26(36)18-14-24)25-15-19-27(37-33)20-16-25/h5-20,31,36H,21H2,1-4H3,(H,34,35)/b30-5-. The molecule has 4 rings (SSSR count). The van der Waals surface area contributed by atoms with Crippen molar-refractivity contribution in [2.24, 2.45) is 10.4 Å². The zero-order valence-corrected chi connectivity index (χ0v) is 21.7. The quantitative estimate of drug-likeness (QED) is 0.192. The van der Waals surface area contributed by atoms with Gasteiger partial charge >= 0.3 is 0 Å². The van der Waals surface area contributed by atoms with Crippen molar-refractivity contribution in [1.82, 2.24) is 5.32 Å². The van der Waals surface area contributed by atoms with Gasteiger partial charge in [0.05, 0.1) is 5.84 Å². The molecule has 4 aromatic rings. The van der Waals surface area contributed by atoms with Crippen LogP contribution in [0, 0.1) is 5.41 Å². The van der Waals surface area contributed by atoms with E-state index in [2.05, 4.69) is 66.6 Å². The topological polar surface area (TPSA) is 53.9 Å². The highest BCUT2D eigenvalue weighted by Crippen LogP contribution is 2.42. The monoisotopic (exact) mass is 496 g/mol. The van der Waals surface area contributed by atoms with Crippen LogP contribution in [-0.2, 0) is 0 Å². The first-order valence-corrected chi connectivity index (χ1v) is 12.4. The van der Waals surface area contributed by atoms with Crippen LogP contribution in [0.3, 0.4) is 0 Å². The van der Waals surface area contributed by atoms with E-state index in [0.29, 0.717) is 6.54 Å². The zero-order chi connectivity index (χ0) is 26.4. The summed E-state index contributed by atoms with van der Waals surface area (Å²) in [6, 6.07) is 28.9. The molecule has 2 N–H and O–H groups in total. The van der Waals surface area contributed by atoms with Gasteiger partial charge in [-0.05, 0) is 65.4 Å². The van der Waals surface area contributed by atoms with Crippen LogP contribution in [0.25, 0.3) is 16.5 Å². The van der Waals surface area contributed by atoms with Crippen molar-refractivity contribution < 1.29 is 14.6 Å². The smallest absolute Gasteiger partial charge is 0.171 e. The molecule has 1 atom stereocenters.